The molecule has 0 amide bonds. The van der Waals surface area contributed by atoms with Gasteiger partial charge in [0.05, 0.1) is 41.1 Å². The van der Waals surface area contributed by atoms with Crippen LogP contribution in [0.2, 0.25) is 0 Å². The Labute approximate surface area is 117 Å². The van der Waals surface area contributed by atoms with Crippen molar-refractivity contribution in [2.45, 2.75) is 0 Å². The zero-order valence-electron chi connectivity index (χ0n) is 12.2. The molecular weight excluding hydrogens is 264 g/mol. The van der Waals surface area contributed by atoms with Gasteiger partial charge in [0.1, 0.15) is 5.75 Å². The summed E-state index contributed by atoms with van der Waals surface area (Å²) in [5.74, 6) is 1.30. The summed E-state index contributed by atoms with van der Waals surface area (Å²) < 4.78 is 25.7. The van der Waals surface area contributed by atoms with Crippen molar-refractivity contribution in [3.05, 3.63) is 17.7 Å². The molecule has 0 spiro atoms. The number of carbonyl (C=O) groups excluding carboxylic acids is 1. The number of hydrogen-bond donors (Lipinski definition) is 0. The average molecular weight is 282 g/mol. The van der Waals surface area contributed by atoms with Crippen LogP contribution in [-0.2, 0) is 9.53 Å². The van der Waals surface area contributed by atoms with Crippen molar-refractivity contribution in [1.82, 2.24) is 0 Å². The summed E-state index contributed by atoms with van der Waals surface area (Å²) in [4.78, 5) is 11.2. The van der Waals surface area contributed by atoms with Crippen LogP contribution in [-0.4, -0.2) is 41.5 Å². The third kappa shape index (κ3) is 3.14. The van der Waals surface area contributed by atoms with Gasteiger partial charge in [-0.05, 0) is 6.08 Å². The second-order valence-electron chi connectivity index (χ2n) is 3.62. The zero-order chi connectivity index (χ0) is 15.1. The second kappa shape index (κ2) is 7.28. The molecule has 0 bridgehead atoms. The Morgan fingerprint density at radius 1 is 0.900 bits per heavy atom. The molecule has 0 fully saturated rings. The maximum Gasteiger partial charge on any atom is 0.330 e. The van der Waals surface area contributed by atoms with Crippen LogP contribution >= 0.6 is 0 Å². The molecule has 0 unspecified atom stereocenters. The number of methoxy groups -OCH3 is 5. The van der Waals surface area contributed by atoms with E-state index in [2.05, 4.69) is 4.74 Å². The standard InChI is InChI=1S/C14H18O6/c1-16-10-8-11(17-2)14(20-5)13(19-4)9(10)6-7-12(15)18-3/h6-8H,1-5H3. The van der Waals surface area contributed by atoms with Gasteiger partial charge in [-0.15, -0.1) is 0 Å². The van der Waals surface area contributed by atoms with Crippen molar-refractivity contribution in [2.75, 3.05) is 35.5 Å². The van der Waals surface area contributed by atoms with Gasteiger partial charge in [-0.2, -0.15) is 0 Å². The molecule has 0 aromatic heterocycles. The SMILES string of the molecule is COC(=O)C=Cc1c(OC)cc(OC)c(OC)c1OC. The highest BCUT2D eigenvalue weighted by Crippen LogP contribution is 2.45. The minimum atomic E-state index is -0.483. The Balaban J connectivity index is 3.46. The number of ether oxygens (including phenoxy) is 5. The van der Waals surface area contributed by atoms with Gasteiger partial charge in [-0.1, -0.05) is 0 Å². The van der Waals surface area contributed by atoms with Crippen molar-refractivity contribution >= 4 is 12.0 Å². The van der Waals surface area contributed by atoms with E-state index in [1.54, 1.807) is 6.07 Å². The van der Waals surface area contributed by atoms with Gasteiger partial charge in [0.2, 0.25) is 5.75 Å². The van der Waals surface area contributed by atoms with E-state index in [0.717, 1.165) is 0 Å². The number of hydrogen-bond acceptors (Lipinski definition) is 6. The van der Waals surface area contributed by atoms with Crippen LogP contribution in [0.5, 0.6) is 23.0 Å². The van der Waals surface area contributed by atoms with E-state index in [1.165, 1.54) is 47.7 Å². The normalized spacial score (nSPS) is 10.2. The van der Waals surface area contributed by atoms with Crippen LogP contribution in [0, 0.1) is 0 Å². The quantitative estimate of drug-likeness (QED) is 0.586. The lowest BCUT2D eigenvalue weighted by Gasteiger charge is -2.17. The second-order valence-corrected chi connectivity index (χ2v) is 3.62. The third-order valence-electron chi connectivity index (χ3n) is 2.64. The first-order chi connectivity index (χ1) is 9.62. The maximum atomic E-state index is 11.2. The first-order valence-electron chi connectivity index (χ1n) is 5.75. The summed E-state index contributed by atoms with van der Waals surface area (Å²) in [6.07, 6.45) is 2.80. The lowest BCUT2D eigenvalue weighted by atomic mass is 10.1. The van der Waals surface area contributed by atoms with Crippen LogP contribution in [0.4, 0.5) is 0 Å². The van der Waals surface area contributed by atoms with Crippen LogP contribution in [0.15, 0.2) is 12.1 Å². The van der Waals surface area contributed by atoms with Gasteiger partial charge in [0.15, 0.2) is 11.5 Å². The van der Waals surface area contributed by atoms with E-state index >= 15 is 0 Å². The molecule has 0 aliphatic rings. The fraction of sp³-hybridized carbons (Fsp3) is 0.357. The van der Waals surface area contributed by atoms with E-state index in [0.29, 0.717) is 28.6 Å². The Kier molecular flexibility index (Phi) is 5.71. The van der Waals surface area contributed by atoms with Crippen molar-refractivity contribution in [2.24, 2.45) is 0 Å². The van der Waals surface area contributed by atoms with E-state index in [9.17, 15) is 4.79 Å². The fourth-order valence-corrected chi connectivity index (χ4v) is 1.70. The molecule has 1 aromatic rings. The Bertz CT molecular complexity index is 507. The Morgan fingerprint density at radius 3 is 1.95 bits per heavy atom. The summed E-state index contributed by atoms with van der Waals surface area (Å²) in [5.41, 5.74) is 0.554. The highest BCUT2D eigenvalue weighted by molar-refractivity contribution is 5.89. The largest absolute Gasteiger partial charge is 0.496 e. The first kappa shape index (κ1) is 15.7. The molecule has 1 aromatic carbocycles. The molecule has 6 nitrogen and oxygen atoms in total. The van der Waals surface area contributed by atoms with Crippen LogP contribution in [0.25, 0.3) is 6.08 Å². The maximum absolute atomic E-state index is 11.2. The minimum absolute atomic E-state index is 0.406. The molecule has 6 heteroatoms. The van der Waals surface area contributed by atoms with E-state index in [1.807, 2.05) is 0 Å². The van der Waals surface area contributed by atoms with E-state index < -0.39 is 5.97 Å². The van der Waals surface area contributed by atoms with Gasteiger partial charge in [0, 0.05) is 12.1 Å². The molecule has 0 radical (unpaired) electrons. The summed E-state index contributed by atoms with van der Waals surface area (Å²) in [6, 6.07) is 1.65. The average Bonchev–Trinajstić information content (AvgIpc) is 2.50. The summed E-state index contributed by atoms with van der Waals surface area (Å²) >= 11 is 0. The van der Waals surface area contributed by atoms with Crippen LogP contribution < -0.4 is 18.9 Å². The highest BCUT2D eigenvalue weighted by Gasteiger charge is 2.19. The molecule has 0 saturated carbocycles. The highest BCUT2D eigenvalue weighted by atomic mass is 16.5. The zero-order valence-corrected chi connectivity index (χ0v) is 12.2. The van der Waals surface area contributed by atoms with E-state index in [4.69, 9.17) is 18.9 Å². The molecule has 0 atom stereocenters. The molecule has 0 aliphatic carbocycles. The molecule has 0 saturated heterocycles. The van der Waals surface area contributed by atoms with E-state index in [-0.39, 0.29) is 0 Å². The smallest absolute Gasteiger partial charge is 0.330 e. The van der Waals surface area contributed by atoms with Crippen molar-refractivity contribution in [3.8, 4) is 23.0 Å². The lowest BCUT2D eigenvalue weighted by Crippen LogP contribution is -2.00. The number of benzene rings is 1. The monoisotopic (exact) mass is 282 g/mol. The van der Waals surface area contributed by atoms with Crippen LogP contribution in [0.3, 0.4) is 0 Å². The number of carbonyl (C=O) groups is 1. The summed E-state index contributed by atoms with van der Waals surface area (Å²) in [5, 5.41) is 0. The molecule has 0 aliphatic heterocycles. The lowest BCUT2D eigenvalue weighted by molar-refractivity contribution is -0.134. The topological polar surface area (TPSA) is 63.2 Å². The van der Waals surface area contributed by atoms with Crippen molar-refractivity contribution in [1.29, 1.82) is 0 Å². The first-order valence-corrected chi connectivity index (χ1v) is 5.75. The third-order valence-corrected chi connectivity index (χ3v) is 2.64. The Hall–Kier alpha value is -2.37. The molecule has 0 heterocycles. The molecule has 0 N–H and O–H groups in total. The Morgan fingerprint density at radius 2 is 1.50 bits per heavy atom. The molecule has 110 valence electrons. The molecule has 20 heavy (non-hydrogen) atoms. The predicted molar refractivity (Wildman–Crippen MR) is 73.7 cm³/mol. The fourth-order valence-electron chi connectivity index (χ4n) is 1.70. The van der Waals surface area contributed by atoms with Crippen molar-refractivity contribution < 1.29 is 28.5 Å². The number of esters is 1. The minimum Gasteiger partial charge on any atom is -0.496 e. The molecule has 1 rings (SSSR count). The summed E-state index contributed by atoms with van der Waals surface area (Å²) in [6.45, 7) is 0. The van der Waals surface area contributed by atoms with Gasteiger partial charge in [0.25, 0.3) is 0 Å². The van der Waals surface area contributed by atoms with Gasteiger partial charge >= 0.3 is 5.97 Å². The number of rotatable bonds is 6. The van der Waals surface area contributed by atoms with Gasteiger partial charge in [-0.3, -0.25) is 0 Å². The van der Waals surface area contributed by atoms with Gasteiger partial charge in [-0.25, -0.2) is 4.79 Å². The predicted octanol–water partition coefficient (Wildman–Crippen LogP) is 1.91. The molecular formula is C14H18O6. The van der Waals surface area contributed by atoms with Gasteiger partial charge < -0.3 is 23.7 Å². The summed E-state index contributed by atoms with van der Waals surface area (Å²) in [7, 11) is 7.32. The van der Waals surface area contributed by atoms with Crippen LogP contribution in [0.1, 0.15) is 5.56 Å². The van der Waals surface area contributed by atoms with Crippen molar-refractivity contribution in [3.63, 3.8) is 0 Å².